The molecule has 2 aliphatic rings. The summed E-state index contributed by atoms with van der Waals surface area (Å²) in [7, 11) is 0. The number of carboxylic acid groups (broad SMARTS) is 1. The van der Waals surface area contributed by atoms with Crippen LogP contribution < -0.4 is 0 Å². The Bertz CT molecular complexity index is 839. The molecule has 0 spiro atoms. The molecule has 6 nitrogen and oxygen atoms in total. The Balaban J connectivity index is 2.12. The van der Waals surface area contributed by atoms with E-state index in [0.717, 1.165) is 21.4 Å². The zero-order chi connectivity index (χ0) is 14.6. The smallest absolute Gasteiger partial charge is 0.435 e. The second-order valence-electron chi connectivity index (χ2n) is 4.95. The Hall–Kier alpha value is -2.25. The molecule has 0 fully saturated rings. The highest BCUT2D eigenvalue weighted by atomic mass is 79.9. The molecular weight excluding hydrogens is 336 g/mol. The molecule has 1 aromatic carbocycles. The molecule has 0 saturated heterocycles. The van der Waals surface area contributed by atoms with Gasteiger partial charge in [0.25, 0.3) is 5.84 Å². The lowest BCUT2D eigenvalue weighted by Crippen LogP contribution is -2.49. The summed E-state index contributed by atoms with van der Waals surface area (Å²) in [5.41, 5.74) is 2.48. The quantitative estimate of drug-likeness (QED) is 0.746. The first-order valence-corrected chi connectivity index (χ1v) is 7.10. The predicted octanol–water partition coefficient (Wildman–Crippen LogP) is 2.87. The van der Waals surface area contributed by atoms with E-state index in [2.05, 4.69) is 25.9 Å². The molecule has 2 aromatic rings. The third-order valence-electron chi connectivity index (χ3n) is 3.83. The van der Waals surface area contributed by atoms with E-state index in [1.807, 2.05) is 22.8 Å². The van der Waals surface area contributed by atoms with Crippen molar-refractivity contribution in [2.75, 3.05) is 0 Å². The van der Waals surface area contributed by atoms with Gasteiger partial charge in [-0.05, 0) is 28.1 Å². The molecule has 1 amide bonds. The molecule has 4 rings (SSSR count). The Morgan fingerprint density at radius 3 is 3.10 bits per heavy atom. The van der Waals surface area contributed by atoms with E-state index in [4.69, 9.17) is 0 Å². The summed E-state index contributed by atoms with van der Waals surface area (Å²) in [5, 5.41) is 9.78. The minimum absolute atomic E-state index is 0.270. The Labute approximate surface area is 128 Å². The van der Waals surface area contributed by atoms with Crippen molar-refractivity contribution in [2.45, 2.75) is 6.54 Å². The largest absolute Gasteiger partial charge is 0.525 e. The van der Waals surface area contributed by atoms with Crippen molar-refractivity contribution < 1.29 is 14.4 Å². The highest BCUT2D eigenvalue weighted by Gasteiger charge is 2.48. The maximum Gasteiger partial charge on any atom is 0.525 e. The van der Waals surface area contributed by atoms with Gasteiger partial charge in [-0.15, -0.1) is 4.48 Å². The molecule has 0 bridgehead atoms. The fourth-order valence-electron chi connectivity index (χ4n) is 2.86. The summed E-state index contributed by atoms with van der Waals surface area (Å²) in [6, 6.07) is 5.69. The van der Waals surface area contributed by atoms with E-state index in [1.165, 1.54) is 0 Å². The molecular formula is C14H10BrN4O2+. The first-order chi connectivity index (χ1) is 10.1. The van der Waals surface area contributed by atoms with Gasteiger partial charge < -0.3 is 5.11 Å². The van der Waals surface area contributed by atoms with Gasteiger partial charge >= 0.3 is 6.09 Å². The van der Waals surface area contributed by atoms with Crippen LogP contribution in [0.4, 0.5) is 4.79 Å². The molecule has 1 unspecified atom stereocenters. The molecule has 0 radical (unpaired) electrons. The normalized spacial score (nSPS) is 22.0. The Morgan fingerprint density at radius 1 is 1.43 bits per heavy atom. The van der Waals surface area contributed by atoms with Crippen molar-refractivity contribution in [1.82, 2.24) is 9.55 Å². The van der Waals surface area contributed by atoms with Gasteiger partial charge in [0.15, 0.2) is 0 Å². The zero-order valence-electron chi connectivity index (χ0n) is 10.8. The lowest BCUT2D eigenvalue weighted by atomic mass is 10.1. The van der Waals surface area contributed by atoms with Crippen LogP contribution in [0.2, 0.25) is 0 Å². The third kappa shape index (κ3) is 1.52. The van der Waals surface area contributed by atoms with Crippen molar-refractivity contribution in [3.05, 3.63) is 58.9 Å². The number of amidine groups is 1. The minimum Gasteiger partial charge on any atom is -0.435 e. The number of imidazole rings is 1. The molecule has 3 heterocycles. The van der Waals surface area contributed by atoms with Crippen molar-refractivity contribution in [2.24, 2.45) is 4.99 Å². The van der Waals surface area contributed by atoms with Crippen LogP contribution in [0.3, 0.4) is 0 Å². The van der Waals surface area contributed by atoms with Crippen LogP contribution in [0.25, 0.3) is 5.69 Å². The van der Waals surface area contributed by atoms with Crippen LogP contribution in [0, 0.1) is 0 Å². The topological polar surface area (TPSA) is 67.5 Å². The van der Waals surface area contributed by atoms with Crippen molar-refractivity contribution in [3.8, 4) is 5.69 Å². The van der Waals surface area contributed by atoms with Gasteiger partial charge in [-0.3, -0.25) is 4.57 Å². The first-order valence-electron chi connectivity index (χ1n) is 6.31. The Morgan fingerprint density at radius 2 is 2.29 bits per heavy atom. The van der Waals surface area contributed by atoms with E-state index in [-0.39, 0.29) is 11.0 Å². The number of fused-ring (bicyclic) bond motifs is 5. The predicted molar refractivity (Wildman–Crippen MR) is 78.9 cm³/mol. The fraction of sp³-hybridized carbons (Fsp3) is 0.0714. The number of hydrogen-bond donors (Lipinski definition) is 1. The number of nitrogens with zero attached hydrogens (tertiary/aromatic N) is 4. The van der Waals surface area contributed by atoms with Crippen molar-refractivity contribution in [3.63, 3.8) is 0 Å². The summed E-state index contributed by atoms with van der Waals surface area (Å²) < 4.78 is 2.45. The number of aliphatic imine (C=N–C) groups is 1. The highest BCUT2D eigenvalue weighted by Crippen LogP contribution is 2.36. The number of para-hydroxylation sites is 1. The van der Waals surface area contributed by atoms with Crippen LogP contribution in [0.1, 0.15) is 11.3 Å². The molecule has 1 aromatic heterocycles. The van der Waals surface area contributed by atoms with Crippen molar-refractivity contribution >= 4 is 27.9 Å². The van der Waals surface area contributed by atoms with Crippen LogP contribution in [0.15, 0.2) is 52.6 Å². The molecule has 104 valence electrons. The van der Waals surface area contributed by atoms with Gasteiger partial charge in [0, 0.05) is 4.47 Å². The van der Waals surface area contributed by atoms with Gasteiger partial charge in [-0.1, -0.05) is 6.07 Å². The minimum atomic E-state index is -0.955. The number of aromatic nitrogens is 2. The standard InChI is InChI=1S/C14H9BrN4O2/c15-11-3-1-2-10-12(11)18-8-16-6-9(18)7-19(14(20)21)5-4-17-13(10)19/h1-6,8H,7H2/p+1. The lowest BCUT2D eigenvalue weighted by Gasteiger charge is -2.23. The van der Waals surface area contributed by atoms with Gasteiger partial charge in [0.05, 0.1) is 35.7 Å². The number of halogens is 1. The molecule has 2 aliphatic heterocycles. The van der Waals surface area contributed by atoms with E-state index in [9.17, 15) is 9.90 Å². The number of amides is 1. The molecule has 0 saturated carbocycles. The van der Waals surface area contributed by atoms with Crippen LogP contribution in [0.5, 0.6) is 0 Å². The monoisotopic (exact) mass is 345 g/mol. The molecule has 1 atom stereocenters. The number of benzene rings is 1. The third-order valence-corrected chi connectivity index (χ3v) is 4.47. The molecule has 7 heteroatoms. The summed E-state index contributed by atoms with van der Waals surface area (Å²) in [6.07, 6.45) is 5.60. The van der Waals surface area contributed by atoms with Crippen LogP contribution in [-0.2, 0) is 6.54 Å². The van der Waals surface area contributed by atoms with Gasteiger partial charge in [0.2, 0.25) is 0 Å². The van der Waals surface area contributed by atoms with Crippen molar-refractivity contribution in [1.29, 1.82) is 0 Å². The molecule has 0 aliphatic carbocycles. The van der Waals surface area contributed by atoms with Gasteiger partial charge in [-0.25, -0.2) is 4.98 Å². The summed E-state index contributed by atoms with van der Waals surface area (Å²) in [5.74, 6) is 0.516. The number of hydrogen-bond acceptors (Lipinski definition) is 3. The SMILES string of the molecule is O=C(O)[N+]12C=CN=C1c1cccc(Br)c1-n1cncc1C2. The molecule has 21 heavy (non-hydrogen) atoms. The molecule has 1 N–H and O–H groups in total. The number of rotatable bonds is 0. The zero-order valence-corrected chi connectivity index (χ0v) is 12.4. The van der Waals surface area contributed by atoms with Crippen LogP contribution in [-0.4, -0.2) is 31.1 Å². The summed E-state index contributed by atoms with van der Waals surface area (Å²) in [6.45, 7) is 0.270. The summed E-state index contributed by atoms with van der Waals surface area (Å²) >= 11 is 3.54. The maximum absolute atomic E-state index is 11.9. The van der Waals surface area contributed by atoms with E-state index in [0.29, 0.717) is 5.84 Å². The average molecular weight is 346 g/mol. The van der Waals surface area contributed by atoms with E-state index in [1.54, 1.807) is 24.9 Å². The Kier molecular flexibility index (Phi) is 2.45. The second-order valence-corrected chi connectivity index (χ2v) is 5.81. The maximum atomic E-state index is 11.9. The number of carbonyl (C=O) groups is 1. The first kappa shape index (κ1) is 12.5. The summed E-state index contributed by atoms with van der Waals surface area (Å²) in [4.78, 5) is 20.4. The lowest BCUT2D eigenvalue weighted by molar-refractivity contribution is -0.722. The fourth-order valence-corrected chi connectivity index (χ4v) is 3.42. The van der Waals surface area contributed by atoms with Gasteiger partial charge in [-0.2, -0.15) is 9.79 Å². The van der Waals surface area contributed by atoms with Crippen LogP contribution >= 0.6 is 15.9 Å². The van der Waals surface area contributed by atoms with E-state index >= 15 is 0 Å². The van der Waals surface area contributed by atoms with E-state index < -0.39 is 6.09 Å². The second kappa shape index (κ2) is 4.12. The van der Waals surface area contributed by atoms with Gasteiger partial charge in [0.1, 0.15) is 12.7 Å². The number of quaternary nitrogens is 1. The average Bonchev–Trinajstić information content (AvgIpc) is 3.05. The highest BCUT2D eigenvalue weighted by molar-refractivity contribution is 9.10.